The summed E-state index contributed by atoms with van der Waals surface area (Å²) in [6.45, 7) is 0. The second-order valence-corrected chi connectivity index (χ2v) is 4.67. The summed E-state index contributed by atoms with van der Waals surface area (Å²) in [5.41, 5.74) is -0.0758. The summed E-state index contributed by atoms with van der Waals surface area (Å²) in [5.74, 6) is 0.428. The standard InChI is InChI=1S/C16H12O6/c1-20-9-3-8(7-17)15-10-6-13(21-2)12(18)5-11(10)16(19)22-14(15)4-9/h3-7,18H,1-2H3. The third-order valence-electron chi connectivity index (χ3n) is 3.48. The molecule has 0 fully saturated rings. The zero-order valence-electron chi connectivity index (χ0n) is 11.9. The van der Waals surface area contributed by atoms with Crippen LogP contribution >= 0.6 is 0 Å². The van der Waals surface area contributed by atoms with E-state index >= 15 is 0 Å². The van der Waals surface area contributed by atoms with Crippen LogP contribution in [0.2, 0.25) is 0 Å². The Morgan fingerprint density at radius 2 is 1.86 bits per heavy atom. The second-order valence-electron chi connectivity index (χ2n) is 4.67. The van der Waals surface area contributed by atoms with Crippen molar-refractivity contribution >= 4 is 28.0 Å². The molecule has 0 unspecified atom stereocenters. The van der Waals surface area contributed by atoms with Gasteiger partial charge in [0, 0.05) is 22.4 Å². The fourth-order valence-corrected chi connectivity index (χ4v) is 2.45. The van der Waals surface area contributed by atoms with Crippen molar-refractivity contribution in [3.63, 3.8) is 0 Å². The van der Waals surface area contributed by atoms with Crippen molar-refractivity contribution in [3.05, 3.63) is 40.2 Å². The summed E-state index contributed by atoms with van der Waals surface area (Å²) < 4.78 is 15.4. The predicted molar refractivity (Wildman–Crippen MR) is 80.1 cm³/mol. The first-order valence-electron chi connectivity index (χ1n) is 6.39. The molecule has 1 N–H and O–H groups in total. The number of fused-ring (bicyclic) bond motifs is 3. The normalized spacial score (nSPS) is 10.8. The Hall–Kier alpha value is -3.02. The van der Waals surface area contributed by atoms with E-state index in [-0.39, 0.29) is 22.5 Å². The van der Waals surface area contributed by atoms with Crippen LogP contribution in [-0.4, -0.2) is 25.6 Å². The van der Waals surface area contributed by atoms with Crippen molar-refractivity contribution in [1.29, 1.82) is 0 Å². The van der Waals surface area contributed by atoms with E-state index in [9.17, 15) is 14.7 Å². The van der Waals surface area contributed by atoms with Crippen molar-refractivity contribution in [2.75, 3.05) is 14.2 Å². The maximum absolute atomic E-state index is 12.1. The van der Waals surface area contributed by atoms with E-state index in [1.54, 1.807) is 6.07 Å². The molecule has 0 spiro atoms. The Bertz CT molecular complexity index is 954. The van der Waals surface area contributed by atoms with E-state index in [0.717, 1.165) is 0 Å². The summed E-state index contributed by atoms with van der Waals surface area (Å²) in [5, 5.41) is 10.9. The van der Waals surface area contributed by atoms with E-state index in [0.29, 0.717) is 28.4 Å². The molecule has 3 aromatic rings. The average Bonchev–Trinajstić information content (AvgIpc) is 2.53. The predicted octanol–water partition coefficient (Wildman–Crippen LogP) is 2.48. The van der Waals surface area contributed by atoms with Gasteiger partial charge in [0.05, 0.1) is 19.6 Å². The average molecular weight is 300 g/mol. The lowest BCUT2D eigenvalue weighted by Crippen LogP contribution is -2.02. The highest BCUT2D eigenvalue weighted by Gasteiger charge is 2.16. The number of hydrogen-bond donors (Lipinski definition) is 1. The third kappa shape index (κ3) is 1.96. The zero-order chi connectivity index (χ0) is 15.9. The number of methoxy groups -OCH3 is 2. The number of aldehydes is 1. The minimum Gasteiger partial charge on any atom is -0.504 e. The molecule has 0 aliphatic rings. The van der Waals surface area contributed by atoms with Crippen LogP contribution in [0.15, 0.2) is 33.5 Å². The topological polar surface area (TPSA) is 86.0 Å². The highest BCUT2D eigenvalue weighted by molar-refractivity contribution is 6.12. The summed E-state index contributed by atoms with van der Waals surface area (Å²) in [4.78, 5) is 23.5. The molecule has 0 amide bonds. The Morgan fingerprint density at radius 1 is 1.09 bits per heavy atom. The number of rotatable bonds is 3. The molecular formula is C16H12O6. The summed E-state index contributed by atoms with van der Waals surface area (Å²) >= 11 is 0. The quantitative estimate of drug-likeness (QED) is 0.454. The highest BCUT2D eigenvalue weighted by atomic mass is 16.5. The van der Waals surface area contributed by atoms with Crippen molar-refractivity contribution in [2.24, 2.45) is 0 Å². The van der Waals surface area contributed by atoms with Gasteiger partial charge in [0.15, 0.2) is 17.8 Å². The van der Waals surface area contributed by atoms with Crippen LogP contribution in [0.4, 0.5) is 0 Å². The van der Waals surface area contributed by atoms with Crippen LogP contribution in [0, 0.1) is 0 Å². The van der Waals surface area contributed by atoms with Crippen molar-refractivity contribution < 1.29 is 23.8 Å². The minimum absolute atomic E-state index is 0.166. The molecule has 3 rings (SSSR count). The van der Waals surface area contributed by atoms with E-state index < -0.39 is 5.63 Å². The van der Waals surface area contributed by atoms with Gasteiger partial charge in [0.25, 0.3) is 0 Å². The first kappa shape index (κ1) is 13.9. The monoisotopic (exact) mass is 300 g/mol. The van der Waals surface area contributed by atoms with Crippen molar-refractivity contribution in [3.8, 4) is 17.2 Å². The number of ether oxygens (including phenoxy) is 2. The van der Waals surface area contributed by atoms with E-state index in [1.807, 2.05) is 0 Å². The van der Waals surface area contributed by atoms with Gasteiger partial charge >= 0.3 is 5.63 Å². The van der Waals surface area contributed by atoms with Crippen LogP contribution in [0.25, 0.3) is 21.7 Å². The summed E-state index contributed by atoms with van der Waals surface area (Å²) in [6.07, 6.45) is 0.656. The summed E-state index contributed by atoms with van der Waals surface area (Å²) in [6, 6.07) is 5.85. The van der Waals surface area contributed by atoms with E-state index in [2.05, 4.69) is 0 Å². The highest BCUT2D eigenvalue weighted by Crippen LogP contribution is 2.35. The van der Waals surface area contributed by atoms with Gasteiger partial charge in [-0.25, -0.2) is 4.79 Å². The third-order valence-corrected chi connectivity index (χ3v) is 3.48. The number of hydrogen-bond acceptors (Lipinski definition) is 6. The second kappa shape index (κ2) is 5.07. The minimum atomic E-state index is -0.620. The molecule has 6 heteroatoms. The van der Waals surface area contributed by atoms with Crippen LogP contribution in [0.5, 0.6) is 17.2 Å². The molecule has 0 aliphatic carbocycles. The Kier molecular flexibility index (Phi) is 3.21. The van der Waals surface area contributed by atoms with Gasteiger partial charge < -0.3 is 19.0 Å². The maximum atomic E-state index is 12.1. The molecular weight excluding hydrogens is 288 g/mol. The molecule has 6 nitrogen and oxygen atoms in total. The molecule has 0 bridgehead atoms. The number of benzene rings is 2. The van der Waals surface area contributed by atoms with E-state index in [4.69, 9.17) is 13.9 Å². The van der Waals surface area contributed by atoms with Gasteiger partial charge in [-0.15, -0.1) is 0 Å². The van der Waals surface area contributed by atoms with Gasteiger partial charge in [-0.05, 0) is 18.2 Å². The fraction of sp³-hybridized carbons (Fsp3) is 0.125. The Morgan fingerprint density at radius 3 is 2.50 bits per heavy atom. The van der Waals surface area contributed by atoms with Gasteiger partial charge in [-0.1, -0.05) is 0 Å². The molecule has 0 saturated heterocycles. The lowest BCUT2D eigenvalue weighted by molar-refractivity contribution is 0.112. The molecule has 0 atom stereocenters. The molecule has 2 aromatic carbocycles. The molecule has 22 heavy (non-hydrogen) atoms. The van der Waals surface area contributed by atoms with Crippen LogP contribution < -0.4 is 15.1 Å². The lowest BCUT2D eigenvalue weighted by Gasteiger charge is -2.10. The van der Waals surface area contributed by atoms with Crippen molar-refractivity contribution in [1.82, 2.24) is 0 Å². The van der Waals surface area contributed by atoms with Crippen LogP contribution in [-0.2, 0) is 0 Å². The van der Waals surface area contributed by atoms with Crippen LogP contribution in [0.3, 0.4) is 0 Å². The first-order chi connectivity index (χ1) is 10.6. The molecule has 1 aromatic heterocycles. The van der Waals surface area contributed by atoms with Gasteiger partial charge in [0.1, 0.15) is 11.3 Å². The molecule has 0 aliphatic heterocycles. The molecule has 1 heterocycles. The Labute approximate surface area is 124 Å². The number of phenolic OH excluding ortho intramolecular Hbond substituents is 1. The Balaban J connectivity index is 2.58. The van der Waals surface area contributed by atoms with E-state index in [1.165, 1.54) is 32.4 Å². The number of carbonyl (C=O) groups excluding carboxylic acids is 1. The molecule has 0 radical (unpaired) electrons. The van der Waals surface area contributed by atoms with Gasteiger partial charge in [-0.3, -0.25) is 4.79 Å². The van der Waals surface area contributed by atoms with Gasteiger partial charge in [0.2, 0.25) is 0 Å². The largest absolute Gasteiger partial charge is 0.504 e. The summed E-state index contributed by atoms with van der Waals surface area (Å²) in [7, 11) is 2.86. The lowest BCUT2D eigenvalue weighted by atomic mass is 10.0. The number of phenols is 1. The SMILES string of the molecule is COc1cc(C=O)c2c(c1)oc(=O)c1cc(O)c(OC)cc12. The fourth-order valence-electron chi connectivity index (χ4n) is 2.45. The molecule has 112 valence electrons. The number of carbonyl (C=O) groups is 1. The van der Waals surface area contributed by atoms with Crippen molar-refractivity contribution in [2.45, 2.75) is 0 Å². The van der Waals surface area contributed by atoms with Crippen LogP contribution in [0.1, 0.15) is 10.4 Å². The van der Waals surface area contributed by atoms with Gasteiger partial charge in [-0.2, -0.15) is 0 Å². The number of aromatic hydroxyl groups is 1. The molecule has 0 saturated carbocycles. The zero-order valence-corrected chi connectivity index (χ0v) is 11.9. The maximum Gasteiger partial charge on any atom is 0.344 e. The first-order valence-corrected chi connectivity index (χ1v) is 6.39. The smallest absolute Gasteiger partial charge is 0.344 e.